The molecule has 3 aliphatic heterocycles. The molecule has 1 fully saturated rings. The highest BCUT2D eigenvalue weighted by atomic mass is 16.2. The fourth-order valence-electron chi connectivity index (χ4n) is 8.83. The molecule has 0 radical (unpaired) electrons. The molecule has 7 nitrogen and oxygen atoms in total. The van der Waals surface area contributed by atoms with Crippen molar-refractivity contribution >= 4 is 56.4 Å². The number of benzene rings is 4. The molecule has 0 unspecified atom stereocenters. The summed E-state index contributed by atoms with van der Waals surface area (Å²) in [6.07, 6.45) is 14.6. The van der Waals surface area contributed by atoms with E-state index >= 15 is 0 Å². The van der Waals surface area contributed by atoms with Gasteiger partial charge in [0.05, 0.1) is 5.41 Å². The third kappa shape index (κ3) is 6.74. The van der Waals surface area contributed by atoms with Gasteiger partial charge in [-0.05, 0) is 72.0 Å². The van der Waals surface area contributed by atoms with Gasteiger partial charge >= 0.3 is 0 Å². The van der Waals surface area contributed by atoms with Gasteiger partial charge in [0.15, 0.2) is 5.71 Å². The first-order valence-electron chi connectivity index (χ1n) is 19.1. The van der Waals surface area contributed by atoms with Crippen LogP contribution in [0.4, 0.5) is 11.4 Å². The molecule has 0 atom stereocenters. The first-order valence-corrected chi connectivity index (χ1v) is 19.1. The van der Waals surface area contributed by atoms with Crippen molar-refractivity contribution in [3.05, 3.63) is 120 Å². The van der Waals surface area contributed by atoms with E-state index in [0.717, 1.165) is 25.8 Å². The molecule has 0 saturated carbocycles. The van der Waals surface area contributed by atoms with Crippen LogP contribution in [-0.2, 0) is 25.2 Å². The summed E-state index contributed by atoms with van der Waals surface area (Å²) in [5.41, 5.74) is 7.46. The van der Waals surface area contributed by atoms with Crippen LogP contribution in [0.25, 0.3) is 21.5 Å². The fourth-order valence-corrected chi connectivity index (χ4v) is 8.83. The molecule has 3 amide bonds. The van der Waals surface area contributed by atoms with E-state index in [1.165, 1.54) is 60.4 Å². The molecule has 1 N–H and O–H groups in total. The number of unbranched alkanes of at least 4 members (excludes halogenated alkanes) is 2. The quantitative estimate of drug-likeness (QED) is 0.0693. The molecule has 0 aromatic heterocycles. The lowest BCUT2D eigenvalue weighted by molar-refractivity contribution is -0.401. The van der Waals surface area contributed by atoms with Crippen molar-refractivity contribution in [2.75, 3.05) is 31.6 Å². The second-order valence-electron chi connectivity index (χ2n) is 15.6. The Bertz CT molecular complexity index is 2220. The summed E-state index contributed by atoms with van der Waals surface area (Å²) in [6, 6.07) is 26.3. The second-order valence-corrected chi connectivity index (χ2v) is 15.6. The van der Waals surface area contributed by atoms with Gasteiger partial charge in [0.25, 0.3) is 0 Å². The SMILES string of the molecule is C[N+]1=C(/C=C/C=C/C=C2N(CCCCCC(=O)NCCN3C(=O)CCC3=O)c3ccc4ccccc4c3C2(C)C)C(C)(C)c2c1ccc1ccccc21. The van der Waals surface area contributed by atoms with Crippen LogP contribution >= 0.6 is 0 Å². The maximum atomic E-state index is 12.5. The molecule has 0 spiro atoms. The third-order valence-electron chi connectivity index (χ3n) is 11.5. The van der Waals surface area contributed by atoms with Crippen LogP contribution in [-0.4, -0.2) is 59.6 Å². The summed E-state index contributed by atoms with van der Waals surface area (Å²) >= 11 is 0. The number of anilines is 1. The van der Waals surface area contributed by atoms with E-state index in [1.807, 2.05) is 0 Å². The lowest BCUT2D eigenvalue weighted by Gasteiger charge is -2.27. The zero-order valence-electron chi connectivity index (χ0n) is 31.7. The number of hydrogen-bond acceptors (Lipinski definition) is 4. The highest BCUT2D eigenvalue weighted by Crippen LogP contribution is 2.51. The number of carbonyl (C=O) groups excluding carboxylic acids is 3. The Morgan fingerprint density at radius 3 is 2.11 bits per heavy atom. The van der Waals surface area contributed by atoms with E-state index in [-0.39, 0.29) is 47.9 Å². The first-order chi connectivity index (χ1) is 25.5. The molecule has 4 aromatic carbocycles. The van der Waals surface area contributed by atoms with E-state index in [9.17, 15) is 14.4 Å². The summed E-state index contributed by atoms with van der Waals surface area (Å²) < 4.78 is 2.33. The molecule has 272 valence electrons. The minimum Gasteiger partial charge on any atom is -0.354 e. The van der Waals surface area contributed by atoms with Crippen molar-refractivity contribution in [1.82, 2.24) is 10.2 Å². The molecule has 7 heteroatoms. The van der Waals surface area contributed by atoms with Gasteiger partial charge in [0, 0.05) is 73.4 Å². The van der Waals surface area contributed by atoms with Crippen molar-refractivity contribution < 1.29 is 19.0 Å². The average Bonchev–Trinajstić information content (AvgIpc) is 3.66. The fraction of sp³-hybridized carbons (Fsp3) is 0.348. The molecule has 0 aliphatic carbocycles. The van der Waals surface area contributed by atoms with Gasteiger partial charge in [0.2, 0.25) is 23.4 Å². The molecular weight excluding hydrogens is 657 g/mol. The van der Waals surface area contributed by atoms with E-state index < -0.39 is 0 Å². The van der Waals surface area contributed by atoms with E-state index in [0.29, 0.717) is 13.0 Å². The molecule has 1 saturated heterocycles. The summed E-state index contributed by atoms with van der Waals surface area (Å²) in [6.45, 7) is 10.7. The lowest BCUT2D eigenvalue weighted by atomic mass is 9.79. The molecule has 4 aromatic rings. The number of imide groups is 1. The number of hydrogen-bond donors (Lipinski definition) is 1. The van der Waals surface area contributed by atoms with Gasteiger partial charge in [-0.25, -0.2) is 0 Å². The van der Waals surface area contributed by atoms with Crippen molar-refractivity contribution in [3.63, 3.8) is 0 Å². The predicted molar refractivity (Wildman–Crippen MR) is 216 cm³/mol. The molecule has 0 bridgehead atoms. The largest absolute Gasteiger partial charge is 0.354 e. The van der Waals surface area contributed by atoms with Gasteiger partial charge < -0.3 is 10.2 Å². The normalized spacial score (nSPS) is 18.5. The smallest absolute Gasteiger partial charge is 0.229 e. The molecule has 53 heavy (non-hydrogen) atoms. The van der Waals surface area contributed by atoms with Crippen molar-refractivity contribution in [3.8, 4) is 0 Å². The van der Waals surface area contributed by atoms with Gasteiger partial charge in [-0.2, -0.15) is 4.58 Å². The van der Waals surface area contributed by atoms with Crippen LogP contribution in [0.15, 0.2) is 109 Å². The van der Waals surface area contributed by atoms with Crippen LogP contribution in [0.1, 0.15) is 77.3 Å². The minimum absolute atomic E-state index is 0.0374. The van der Waals surface area contributed by atoms with Gasteiger partial charge in [-0.15, -0.1) is 0 Å². The predicted octanol–water partition coefficient (Wildman–Crippen LogP) is 8.62. The number of amides is 3. The van der Waals surface area contributed by atoms with E-state index in [1.54, 1.807) is 0 Å². The van der Waals surface area contributed by atoms with Crippen LogP contribution < -0.4 is 10.2 Å². The zero-order valence-corrected chi connectivity index (χ0v) is 31.7. The first kappa shape index (κ1) is 36.1. The summed E-state index contributed by atoms with van der Waals surface area (Å²) in [4.78, 5) is 39.9. The highest BCUT2D eigenvalue weighted by Gasteiger charge is 2.44. The Kier molecular flexibility index (Phi) is 9.95. The standard InChI is InChI=1S/C46H50N4O3/c1-45(2)38(48(5)36-25-23-32-16-11-13-18-34(32)43(36)45)20-8-6-9-21-39-46(3,4)44-35-19-14-12-17-33(35)24-26-37(44)49(39)30-15-7-10-22-40(51)47-29-31-50-41(52)27-28-42(50)53/h6,8-9,11-14,16-21,23-26H,7,10,15,22,27-31H2,1-5H3/p+1. The lowest BCUT2D eigenvalue weighted by Crippen LogP contribution is -2.37. The Morgan fingerprint density at radius 2 is 1.40 bits per heavy atom. The number of nitrogens with one attached hydrogen (secondary N) is 1. The minimum atomic E-state index is -0.201. The van der Waals surface area contributed by atoms with Crippen molar-refractivity contribution in [2.45, 2.75) is 77.0 Å². The van der Waals surface area contributed by atoms with Crippen LogP contribution in [0.5, 0.6) is 0 Å². The van der Waals surface area contributed by atoms with Crippen LogP contribution in [0, 0.1) is 0 Å². The van der Waals surface area contributed by atoms with Gasteiger partial charge in [0.1, 0.15) is 7.05 Å². The monoisotopic (exact) mass is 707 g/mol. The summed E-state index contributed by atoms with van der Waals surface area (Å²) in [5, 5.41) is 8.00. The maximum Gasteiger partial charge on any atom is 0.229 e. The summed E-state index contributed by atoms with van der Waals surface area (Å²) in [5.74, 6) is -0.335. The third-order valence-corrected chi connectivity index (χ3v) is 11.5. The van der Waals surface area contributed by atoms with Crippen LogP contribution in [0.2, 0.25) is 0 Å². The van der Waals surface area contributed by atoms with Gasteiger partial charge in [-0.1, -0.05) is 93.1 Å². The molecule has 3 aliphatic rings. The molecule has 7 rings (SSSR count). The summed E-state index contributed by atoms with van der Waals surface area (Å²) in [7, 11) is 2.17. The number of nitrogens with zero attached hydrogens (tertiary/aromatic N) is 3. The van der Waals surface area contributed by atoms with Crippen molar-refractivity contribution in [2.24, 2.45) is 0 Å². The topological polar surface area (TPSA) is 72.7 Å². The Balaban J connectivity index is 1.04. The number of likely N-dealkylation sites (tertiary alicyclic amines) is 1. The number of allylic oxidation sites excluding steroid dienone is 6. The Hall–Kier alpha value is -5.30. The van der Waals surface area contributed by atoms with Gasteiger partial charge in [-0.3, -0.25) is 19.3 Å². The Morgan fingerprint density at radius 1 is 0.736 bits per heavy atom. The number of fused-ring (bicyclic) bond motifs is 6. The second kappa shape index (κ2) is 14.6. The van der Waals surface area contributed by atoms with Crippen LogP contribution in [0.3, 0.4) is 0 Å². The van der Waals surface area contributed by atoms with E-state index in [4.69, 9.17) is 0 Å². The molecular formula is C46H51N4O3+. The van der Waals surface area contributed by atoms with E-state index in [2.05, 4.69) is 153 Å². The average molecular weight is 708 g/mol. The number of rotatable bonds is 12. The zero-order chi connectivity index (χ0) is 37.3. The number of carbonyl (C=O) groups is 3. The molecule has 3 heterocycles. The highest BCUT2D eigenvalue weighted by molar-refractivity contribution is 6.07. The van der Waals surface area contributed by atoms with Crippen molar-refractivity contribution in [1.29, 1.82) is 0 Å². The Labute approximate surface area is 313 Å². The maximum absolute atomic E-state index is 12.5.